The summed E-state index contributed by atoms with van der Waals surface area (Å²) in [5.41, 5.74) is 0. The molecule has 0 aromatic rings. The van der Waals surface area contributed by atoms with Gasteiger partial charge in [0.15, 0.2) is 6.29 Å². The zero-order chi connectivity index (χ0) is 44.2. The van der Waals surface area contributed by atoms with E-state index in [1.54, 1.807) is 0 Å². The number of carbonyl (C=O) groups is 1. The van der Waals surface area contributed by atoms with Gasteiger partial charge in [-0.25, -0.2) is 0 Å². The normalized spacial score (nSPS) is 14.9. The second kappa shape index (κ2) is 46.2. The first-order valence-corrected chi connectivity index (χ1v) is 26.1. The first-order valence-electron chi connectivity index (χ1n) is 26.1. The van der Waals surface area contributed by atoms with Crippen LogP contribution in [0, 0.1) is 0 Å². The van der Waals surface area contributed by atoms with E-state index in [-0.39, 0.29) is 12.5 Å². The molecule has 0 fully saturated rings. The van der Waals surface area contributed by atoms with E-state index >= 15 is 0 Å². The fourth-order valence-electron chi connectivity index (χ4n) is 8.25. The van der Waals surface area contributed by atoms with Gasteiger partial charge in [-0.15, -0.1) is 0 Å². The number of aliphatic hydroxyl groups excluding tert-OH is 5. The van der Waals surface area contributed by atoms with Crippen molar-refractivity contribution in [1.82, 2.24) is 5.32 Å². The number of nitrogens with one attached hydrogen (secondary N) is 1. The molecule has 0 aromatic carbocycles. The molecule has 0 rings (SSSR count). The molecule has 5 unspecified atom stereocenters. The molecule has 9 heteroatoms. The first-order chi connectivity index (χ1) is 29.3. The Morgan fingerprint density at radius 1 is 0.483 bits per heavy atom. The largest absolute Gasteiger partial charge is 0.394 e. The van der Waals surface area contributed by atoms with Crippen LogP contribution in [-0.4, -0.2) is 88.0 Å². The molecule has 6 N–H and O–H groups in total. The standard InChI is InChI=1S/C51H103NO8/c1-4-6-8-10-12-14-16-18-19-20-21-22-23-24-25-26-27-29-31-33-35-37-39-41-49(57)52-46(44-59-50(43-54)60-48(42-53)51(58)45(3)55)47(56)40-38-36-34-32-30-28-17-15-13-11-9-7-5-2/h45-48,50-51,53-56,58H,4-44H2,1-3H3,(H,52,57)/t45?,46-,47?,48?,50?,51?/m0/s1. The van der Waals surface area contributed by atoms with Crippen LogP contribution in [0.1, 0.15) is 265 Å². The van der Waals surface area contributed by atoms with Crippen LogP contribution in [0.3, 0.4) is 0 Å². The highest BCUT2D eigenvalue weighted by Crippen LogP contribution is 2.18. The molecule has 60 heavy (non-hydrogen) atoms. The van der Waals surface area contributed by atoms with Crippen molar-refractivity contribution in [1.29, 1.82) is 0 Å². The maximum atomic E-state index is 13.0. The molecule has 0 saturated heterocycles. The number of amides is 1. The zero-order valence-electron chi connectivity index (χ0n) is 39.9. The quantitative estimate of drug-likeness (QED) is 0.0262. The summed E-state index contributed by atoms with van der Waals surface area (Å²) in [5.74, 6) is -0.129. The number of aliphatic hydroxyl groups is 5. The molecule has 1 amide bonds. The SMILES string of the molecule is CCCCCCCCCCCCCCCCCCCCCCCCCC(=O)N[C@@H](COC(CO)OC(CO)C(O)C(C)O)C(O)CCCCCCCCCCCCCCC. The van der Waals surface area contributed by atoms with E-state index in [1.807, 2.05) is 0 Å². The van der Waals surface area contributed by atoms with Gasteiger partial charge in [0.2, 0.25) is 5.91 Å². The number of carbonyl (C=O) groups excluding carboxylic acids is 1. The van der Waals surface area contributed by atoms with E-state index in [1.165, 1.54) is 200 Å². The van der Waals surface area contributed by atoms with Crippen molar-refractivity contribution in [2.24, 2.45) is 0 Å². The van der Waals surface area contributed by atoms with Crippen molar-refractivity contribution in [2.45, 2.75) is 302 Å². The molecule has 0 spiro atoms. The maximum absolute atomic E-state index is 13.0. The van der Waals surface area contributed by atoms with Crippen molar-refractivity contribution < 1.29 is 39.8 Å². The van der Waals surface area contributed by atoms with Gasteiger partial charge in [0.1, 0.15) is 12.2 Å². The minimum absolute atomic E-state index is 0.0983. The van der Waals surface area contributed by atoms with E-state index in [2.05, 4.69) is 19.2 Å². The third kappa shape index (κ3) is 38.8. The summed E-state index contributed by atoms with van der Waals surface area (Å²) in [4.78, 5) is 13.0. The lowest BCUT2D eigenvalue weighted by Gasteiger charge is -2.30. The van der Waals surface area contributed by atoms with E-state index in [0.29, 0.717) is 12.8 Å². The number of hydrogen-bond donors (Lipinski definition) is 6. The highest BCUT2D eigenvalue weighted by atomic mass is 16.7. The summed E-state index contributed by atoms with van der Waals surface area (Å²) < 4.78 is 11.3. The van der Waals surface area contributed by atoms with E-state index in [9.17, 15) is 30.3 Å². The number of unbranched alkanes of at least 4 members (excludes halogenated alkanes) is 34. The van der Waals surface area contributed by atoms with Gasteiger partial charge in [-0.2, -0.15) is 0 Å². The molecule has 0 aromatic heterocycles. The van der Waals surface area contributed by atoms with Gasteiger partial charge >= 0.3 is 0 Å². The smallest absolute Gasteiger partial charge is 0.220 e. The van der Waals surface area contributed by atoms with E-state index < -0.39 is 50.0 Å². The Kier molecular flexibility index (Phi) is 45.6. The van der Waals surface area contributed by atoms with Gasteiger partial charge in [-0.3, -0.25) is 4.79 Å². The van der Waals surface area contributed by atoms with Crippen molar-refractivity contribution >= 4 is 5.91 Å². The Morgan fingerprint density at radius 2 is 0.817 bits per heavy atom. The van der Waals surface area contributed by atoms with Gasteiger partial charge in [0.05, 0.1) is 38.1 Å². The predicted octanol–water partition coefficient (Wildman–Crippen LogP) is 12.1. The van der Waals surface area contributed by atoms with Crippen LogP contribution in [0.5, 0.6) is 0 Å². The topological polar surface area (TPSA) is 149 Å². The second-order valence-corrected chi connectivity index (χ2v) is 18.3. The Labute approximate surface area is 371 Å². The molecule has 0 heterocycles. The molecular formula is C51H103NO8. The highest BCUT2D eigenvalue weighted by molar-refractivity contribution is 5.76. The summed E-state index contributed by atoms with van der Waals surface area (Å²) in [7, 11) is 0. The summed E-state index contributed by atoms with van der Waals surface area (Å²) in [5, 5.41) is 53.6. The fourth-order valence-corrected chi connectivity index (χ4v) is 8.25. The predicted molar refractivity (Wildman–Crippen MR) is 251 cm³/mol. The van der Waals surface area contributed by atoms with Crippen LogP contribution in [0.2, 0.25) is 0 Å². The first kappa shape index (κ1) is 59.2. The van der Waals surface area contributed by atoms with E-state index in [0.717, 1.165) is 38.5 Å². The molecule has 0 bridgehead atoms. The van der Waals surface area contributed by atoms with Crippen molar-refractivity contribution in [3.8, 4) is 0 Å². The summed E-state index contributed by atoms with van der Waals surface area (Å²) >= 11 is 0. The lowest BCUT2D eigenvalue weighted by molar-refractivity contribution is -0.225. The number of rotatable bonds is 49. The Bertz CT molecular complexity index is 863. The average molecular weight is 858 g/mol. The van der Waals surface area contributed by atoms with Crippen LogP contribution >= 0.6 is 0 Å². The lowest BCUT2D eigenvalue weighted by atomic mass is 10.0. The van der Waals surface area contributed by atoms with Gasteiger partial charge < -0.3 is 40.3 Å². The van der Waals surface area contributed by atoms with Crippen LogP contribution in [0.25, 0.3) is 0 Å². The summed E-state index contributed by atoms with van der Waals surface area (Å²) in [6.07, 6.45) is 41.9. The molecule has 0 aliphatic heterocycles. The van der Waals surface area contributed by atoms with Crippen LogP contribution in [0.15, 0.2) is 0 Å². The van der Waals surface area contributed by atoms with Crippen LogP contribution in [0.4, 0.5) is 0 Å². The zero-order valence-corrected chi connectivity index (χ0v) is 39.9. The summed E-state index contributed by atoms with van der Waals surface area (Å²) in [6, 6.07) is -0.689. The molecule has 0 aliphatic rings. The van der Waals surface area contributed by atoms with Gasteiger partial charge in [-0.1, -0.05) is 239 Å². The molecule has 0 radical (unpaired) electrons. The Hall–Kier alpha value is -0.810. The minimum Gasteiger partial charge on any atom is -0.394 e. The van der Waals surface area contributed by atoms with Crippen molar-refractivity contribution in [2.75, 3.05) is 19.8 Å². The molecule has 0 saturated carbocycles. The van der Waals surface area contributed by atoms with Crippen LogP contribution < -0.4 is 5.32 Å². The third-order valence-corrected chi connectivity index (χ3v) is 12.4. The molecule has 6 atom stereocenters. The van der Waals surface area contributed by atoms with Crippen molar-refractivity contribution in [3.63, 3.8) is 0 Å². The van der Waals surface area contributed by atoms with Gasteiger partial charge in [-0.05, 0) is 19.8 Å². The molecule has 0 aliphatic carbocycles. The maximum Gasteiger partial charge on any atom is 0.220 e. The lowest BCUT2D eigenvalue weighted by Crippen LogP contribution is -2.48. The summed E-state index contributed by atoms with van der Waals surface area (Å²) in [6.45, 7) is 4.69. The fraction of sp³-hybridized carbons (Fsp3) is 0.980. The Balaban J connectivity index is 4.29. The molecular weight excluding hydrogens is 755 g/mol. The van der Waals surface area contributed by atoms with Crippen molar-refractivity contribution in [3.05, 3.63) is 0 Å². The highest BCUT2D eigenvalue weighted by Gasteiger charge is 2.29. The Morgan fingerprint density at radius 3 is 1.13 bits per heavy atom. The molecule has 360 valence electrons. The average Bonchev–Trinajstić information content (AvgIpc) is 3.24. The van der Waals surface area contributed by atoms with Gasteiger partial charge in [0, 0.05) is 6.42 Å². The third-order valence-electron chi connectivity index (χ3n) is 12.4. The second-order valence-electron chi connectivity index (χ2n) is 18.3. The monoisotopic (exact) mass is 858 g/mol. The van der Waals surface area contributed by atoms with Crippen LogP contribution in [-0.2, 0) is 14.3 Å². The molecule has 9 nitrogen and oxygen atoms in total. The van der Waals surface area contributed by atoms with E-state index in [4.69, 9.17) is 9.47 Å². The number of hydrogen-bond acceptors (Lipinski definition) is 8. The van der Waals surface area contributed by atoms with Gasteiger partial charge in [0.25, 0.3) is 0 Å². The number of ether oxygens (including phenoxy) is 2. The minimum atomic E-state index is -1.37.